The maximum Gasteiger partial charge on any atom is 0.407 e. The van der Waals surface area contributed by atoms with Crippen molar-refractivity contribution in [2.24, 2.45) is 0 Å². The van der Waals surface area contributed by atoms with Crippen LogP contribution in [0.2, 0.25) is 0 Å². The standard InChI is InChI=1S/C23H23N3O5/c1-2-30-22(28)21(12-11-15(27)13-25-24)26-23(29)31-14-20-18-9-5-3-7-16(18)17-8-4-6-10-19(17)20/h3-10,13,20-21H,2,11-12,14H2,1H3,(H,26,29). The molecule has 31 heavy (non-hydrogen) atoms. The van der Waals surface area contributed by atoms with Gasteiger partial charge in [-0.1, -0.05) is 48.5 Å². The molecular weight excluding hydrogens is 398 g/mol. The van der Waals surface area contributed by atoms with Crippen LogP contribution in [-0.4, -0.2) is 48.1 Å². The van der Waals surface area contributed by atoms with Crippen LogP contribution in [0, 0.1) is 0 Å². The lowest BCUT2D eigenvalue weighted by Gasteiger charge is -2.18. The molecule has 2 aromatic carbocycles. The summed E-state index contributed by atoms with van der Waals surface area (Å²) < 4.78 is 10.4. The van der Waals surface area contributed by atoms with E-state index in [9.17, 15) is 14.4 Å². The summed E-state index contributed by atoms with van der Waals surface area (Å²) in [6.07, 6.45) is -0.135. The van der Waals surface area contributed by atoms with Gasteiger partial charge in [0.25, 0.3) is 0 Å². The van der Waals surface area contributed by atoms with Gasteiger partial charge in [0.05, 0.1) is 6.61 Å². The lowest BCUT2D eigenvalue weighted by Crippen LogP contribution is -2.42. The number of hydrogen-bond donors (Lipinski definition) is 1. The largest absolute Gasteiger partial charge is 0.464 e. The number of ether oxygens (including phenoxy) is 2. The molecule has 0 radical (unpaired) electrons. The summed E-state index contributed by atoms with van der Waals surface area (Å²) in [5.41, 5.74) is 12.8. The normalized spacial score (nSPS) is 12.7. The second-order valence-corrected chi connectivity index (χ2v) is 7.02. The van der Waals surface area contributed by atoms with Crippen molar-refractivity contribution in [3.8, 4) is 11.1 Å². The third-order valence-corrected chi connectivity index (χ3v) is 5.09. The van der Waals surface area contributed by atoms with Crippen LogP contribution in [0.25, 0.3) is 16.7 Å². The number of nitrogens with one attached hydrogen (secondary N) is 1. The number of hydrogen-bond acceptors (Lipinski definition) is 5. The Morgan fingerprint density at radius 2 is 1.68 bits per heavy atom. The predicted octanol–water partition coefficient (Wildman–Crippen LogP) is 3.11. The number of ketones is 1. The van der Waals surface area contributed by atoms with Gasteiger partial charge in [-0.25, -0.2) is 9.59 Å². The highest BCUT2D eigenvalue weighted by Gasteiger charge is 2.30. The topological polar surface area (TPSA) is 118 Å². The summed E-state index contributed by atoms with van der Waals surface area (Å²) in [6, 6.07) is 14.9. The van der Waals surface area contributed by atoms with Gasteiger partial charge in [-0.15, -0.1) is 0 Å². The Morgan fingerprint density at radius 3 is 2.26 bits per heavy atom. The molecule has 0 saturated carbocycles. The molecule has 1 atom stereocenters. The molecule has 0 saturated heterocycles. The minimum atomic E-state index is -1.05. The molecule has 0 fully saturated rings. The Labute approximate surface area is 179 Å². The summed E-state index contributed by atoms with van der Waals surface area (Å²) in [7, 11) is 0. The van der Waals surface area contributed by atoms with Gasteiger partial charge in [0.15, 0.2) is 0 Å². The number of carbonyl (C=O) groups excluding carboxylic acids is 3. The first kappa shape index (κ1) is 21.9. The van der Waals surface area contributed by atoms with E-state index in [1.165, 1.54) is 0 Å². The first-order chi connectivity index (χ1) is 15.0. The molecule has 0 heterocycles. The Hall–Kier alpha value is -3.77. The average molecular weight is 421 g/mol. The van der Waals surface area contributed by atoms with E-state index in [1.807, 2.05) is 48.5 Å². The molecule has 8 nitrogen and oxygen atoms in total. The lowest BCUT2D eigenvalue weighted by molar-refractivity contribution is -0.145. The fraction of sp³-hybridized carbons (Fsp3) is 0.304. The van der Waals surface area contributed by atoms with Gasteiger partial charge in [-0.2, -0.15) is 4.79 Å². The third kappa shape index (κ3) is 5.24. The number of carbonyl (C=O) groups is 3. The van der Waals surface area contributed by atoms with Gasteiger partial charge in [0.1, 0.15) is 12.6 Å². The molecule has 1 amide bonds. The SMILES string of the molecule is CCOC(=O)C(CCC(=O)C=[N+]=[N-])NC(=O)OCC1c2ccccc2-c2ccccc21. The highest BCUT2D eigenvalue weighted by molar-refractivity contribution is 6.25. The number of rotatable bonds is 9. The minimum Gasteiger partial charge on any atom is -0.464 e. The van der Waals surface area contributed by atoms with Crippen molar-refractivity contribution in [1.29, 1.82) is 0 Å². The molecule has 0 bridgehead atoms. The van der Waals surface area contributed by atoms with Crippen molar-refractivity contribution in [3.63, 3.8) is 0 Å². The zero-order valence-corrected chi connectivity index (χ0v) is 17.1. The quantitative estimate of drug-likeness (QED) is 0.289. The van der Waals surface area contributed by atoms with Gasteiger partial charge in [-0.05, 0) is 35.6 Å². The average Bonchev–Trinajstić information content (AvgIpc) is 3.09. The zero-order chi connectivity index (χ0) is 22.2. The fourth-order valence-electron chi connectivity index (χ4n) is 3.69. The van der Waals surface area contributed by atoms with E-state index in [-0.39, 0.29) is 32.0 Å². The second-order valence-electron chi connectivity index (χ2n) is 7.02. The Bertz CT molecular complexity index is 984. The zero-order valence-electron chi connectivity index (χ0n) is 17.1. The molecule has 0 aliphatic heterocycles. The number of Topliss-reactive ketones (excluding diaryl/α,β-unsaturated/α-hetero) is 1. The number of amides is 1. The molecule has 1 aliphatic carbocycles. The van der Waals surface area contributed by atoms with Crippen LogP contribution >= 0.6 is 0 Å². The number of fused-ring (bicyclic) bond motifs is 3. The third-order valence-electron chi connectivity index (χ3n) is 5.09. The van der Waals surface area contributed by atoms with Crippen LogP contribution in [0.5, 0.6) is 0 Å². The van der Waals surface area contributed by atoms with Crippen LogP contribution < -0.4 is 5.32 Å². The number of benzene rings is 2. The Balaban J connectivity index is 1.65. The van der Waals surface area contributed by atoms with E-state index in [1.54, 1.807) is 6.92 Å². The fourth-order valence-corrected chi connectivity index (χ4v) is 3.69. The molecule has 1 unspecified atom stereocenters. The van der Waals surface area contributed by atoms with Crippen LogP contribution in [-0.2, 0) is 19.1 Å². The highest BCUT2D eigenvalue weighted by Crippen LogP contribution is 2.44. The molecule has 1 N–H and O–H groups in total. The molecule has 0 spiro atoms. The maximum atomic E-state index is 12.4. The second kappa shape index (κ2) is 10.3. The molecule has 3 rings (SSSR count). The van der Waals surface area contributed by atoms with Crippen LogP contribution in [0.15, 0.2) is 48.5 Å². The smallest absolute Gasteiger partial charge is 0.407 e. The summed E-state index contributed by atoms with van der Waals surface area (Å²) in [5.74, 6) is -1.25. The Morgan fingerprint density at radius 1 is 1.06 bits per heavy atom. The van der Waals surface area contributed by atoms with Crippen molar-refractivity contribution < 1.29 is 28.6 Å². The Kier molecular flexibility index (Phi) is 7.30. The molecule has 160 valence electrons. The van der Waals surface area contributed by atoms with Gasteiger partial charge >= 0.3 is 18.3 Å². The van der Waals surface area contributed by atoms with E-state index in [2.05, 4.69) is 10.1 Å². The van der Waals surface area contributed by atoms with Crippen molar-refractivity contribution in [3.05, 3.63) is 65.2 Å². The van der Waals surface area contributed by atoms with Crippen molar-refractivity contribution in [1.82, 2.24) is 5.32 Å². The molecule has 1 aliphatic rings. The van der Waals surface area contributed by atoms with Gasteiger partial charge < -0.3 is 20.3 Å². The van der Waals surface area contributed by atoms with Crippen LogP contribution in [0.1, 0.15) is 36.8 Å². The maximum absolute atomic E-state index is 12.4. The van der Waals surface area contributed by atoms with Gasteiger partial charge in [0.2, 0.25) is 5.78 Å². The van der Waals surface area contributed by atoms with Crippen molar-refractivity contribution >= 4 is 24.1 Å². The molecule has 8 heteroatoms. The van der Waals surface area contributed by atoms with Gasteiger partial charge in [-0.3, -0.25) is 4.79 Å². The van der Waals surface area contributed by atoms with Gasteiger partial charge in [0, 0.05) is 12.3 Å². The number of nitrogens with zero attached hydrogens (tertiary/aromatic N) is 2. The van der Waals surface area contributed by atoms with E-state index in [4.69, 9.17) is 15.0 Å². The van der Waals surface area contributed by atoms with Crippen molar-refractivity contribution in [2.45, 2.75) is 31.7 Å². The lowest BCUT2D eigenvalue weighted by atomic mass is 9.98. The first-order valence-corrected chi connectivity index (χ1v) is 10.0. The van der Waals surface area contributed by atoms with E-state index in [0.29, 0.717) is 0 Å². The first-order valence-electron chi connectivity index (χ1n) is 10.0. The number of esters is 1. The highest BCUT2D eigenvalue weighted by atomic mass is 16.6. The van der Waals surface area contributed by atoms with Crippen molar-refractivity contribution in [2.75, 3.05) is 13.2 Å². The number of alkyl carbamates (subject to hydrolysis) is 1. The molecule has 0 aromatic heterocycles. The summed E-state index contributed by atoms with van der Waals surface area (Å²) in [6.45, 7) is 1.88. The van der Waals surface area contributed by atoms with E-state index < -0.39 is 23.9 Å². The monoisotopic (exact) mass is 421 g/mol. The minimum absolute atomic E-state index is 0.00607. The summed E-state index contributed by atoms with van der Waals surface area (Å²) in [4.78, 5) is 38.8. The van der Waals surface area contributed by atoms with E-state index >= 15 is 0 Å². The van der Waals surface area contributed by atoms with Crippen LogP contribution in [0.3, 0.4) is 0 Å². The predicted molar refractivity (Wildman–Crippen MR) is 113 cm³/mol. The summed E-state index contributed by atoms with van der Waals surface area (Å²) >= 11 is 0. The van der Waals surface area contributed by atoms with Crippen LogP contribution in [0.4, 0.5) is 4.79 Å². The molecular formula is C23H23N3O5. The molecule has 2 aromatic rings. The van der Waals surface area contributed by atoms with E-state index in [0.717, 1.165) is 28.5 Å². The summed E-state index contributed by atoms with van der Waals surface area (Å²) in [5, 5.41) is 2.48.